The zero-order chi connectivity index (χ0) is 19.7. The number of hydrogen-bond donors (Lipinski definition) is 1. The second kappa shape index (κ2) is 7.44. The first-order valence-corrected chi connectivity index (χ1v) is 9.56. The summed E-state index contributed by atoms with van der Waals surface area (Å²) in [7, 11) is -3.78. The molecule has 148 valence electrons. The smallest absolute Gasteiger partial charge is 0.420 e. The van der Waals surface area contributed by atoms with Gasteiger partial charge in [-0.1, -0.05) is 0 Å². The van der Waals surface area contributed by atoms with E-state index in [2.05, 4.69) is 14.9 Å². The summed E-state index contributed by atoms with van der Waals surface area (Å²) in [6, 6.07) is 4.19. The van der Waals surface area contributed by atoms with Crippen molar-refractivity contribution in [2.45, 2.75) is 24.7 Å². The Morgan fingerprint density at radius 1 is 1.19 bits per heavy atom. The number of ether oxygens (including phenoxy) is 1. The van der Waals surface area contributed by atoms with Crippen molar-refractivity contribution in [3.05, 3.63) is 36.0 Å². The van der Waals surface area contributed by atoms with E-state index in [4.69, 9.17) is 4.42 Å². The Labute approximate surface area is 153 Å². The van der Waals surface area contributed by atoms with Crippen molar-refractivity contribution in [3.8, 4) is 5.75 Å². The van der Waals surface area contributed by atoms with Crippen molar-refractivity contribution in [1.82, 2.24) is 14.5 Å². The fourth-order valence-electron chi connectivity index (χ4n) is 2.80. The summed E-state index contributed by atoms with van der Waals surface area (Å²) in [5.41, 5.74) is 0. The van der Waals surface area contributed by atoms with Gasteiger partial charge >= 0.3 is 6.36 Å². The molecule has 27 heavy (non-hydrogen) atoms. The van der Waals surface area contributed by atoms with Crippen molar-refractivity contribution < 1.29 is 35.6 Å². The Balaban J connectivity index is 1.61. The molecule has 2 heterocycles. The highest BCUT2D eigenvalue weighted by molar-refractivity contribution is 7.89. The first kappa shape index (κ1) is 19.6. The summed E-state index contributed by atoms with van der Waals surface area (Å²) < 4.78 is 72.3. The van der Waals surface area contributed by atoms with E-state index in [1.165, 1.54) is 4.31 Å². The van der Waals surface area contributed by atoms with Crippen LogP contribution in [0.4, 0.5) is 13.2 Å². The van der Waals surface area contributed by atoms with E-state index < -0.39 is 22.1 Å². The molecule has 1 aromatic carbocycles. The molecule has 8 nitrogen and oxygen atoms in total. The molecule has 0 aliphatic carbocycles. The van der Waals surface area contributed by atoms with Crippen LogP contribution in [0.15, 0.2) is 33.6 Å². The van der Waals surface area contributed by atoms with E-state index in [-0.39, 0.29) is 18.0 Å². The van der Waals surface area contributed by atoms with Crippen molar-refractivity contribution in [3.63, 3.8) is 0 Å². The molecule has 0 amide bonds. The maximum absolute atomic E-state index is 12.7. The molecule has 0 unspecified atom stereocenters. The van der Waals surface area contributed by atoms with Crippen LogP contribution in [0.2, 0.25) is 0 Å². The third-order valence-corrected chi connectivity index (χ3v) is 6.01. The molecular weight excluding hydrogens is 389 g/mol. The van der Waals surface area contributed by atoms with Crippen LogP contribution >= 0.6 is 0 Å². The summed E-state index contributed by atoms with van der Waals surface area (Å²) in [6.07, 6.45) is -4.82. The van der Waals surface area contributed by atoms with E-state index in [0.717, 1.165) is 29.2 Å². The number of aryl methyl sites for hydroxylation is 1. The Kier molecular flexibility index (Phi) is 5.40. The van der Waals surface area contributed by atoms with Gasteiger partial charge in [-0.15, -0.1) is 23.4 Å². The van der Waals surface area contributed by atoms with Crippen molar-refractivity contribution in [1.29, 1.82) is 0 Å². The molecule has 0 bridgehead atoms. The zero-order valence-electron chi connectivity index (χ0n) is 14.4. The second-order valence-corrected chi connectivity index (χ2v) is 8.00. The maximum Gasteiger partial charge on any atom is 0.573 e. The van der Waals surface area contributed by atoms with E-state index >= 15 is 0 Å². The van der Waals surface area contributed by atoms with Crippen LogP contribution in [0.1, 0.15) is 11.8 Å². The summed E-state index contributed by atoms with van der Waals surface area (Å²) in [4.78, 5) is 1.03. The number of halogens is 3. The van der Waals surface area contributed by atoms with Crippen LogP contribution in [0.3, 0.4) is 0 Å². The monoisotopic (exact) mass is 407 g/mol. The number of alkyl halides is 3. The fraction of sp³-hybridized carbons (Fsp3) is 0.467. The molecule has 1 aliphatic rings. The topological polar surface area (TPSA) is 90.0 Å². The summed E-state index contributed by atoms with van der Waals surface area (Å²) in [5.74, 6) is 0.508. The molecule has 1 aliphatic heterocycles. The molecule has 0 radical (unpaired) electrons. The quantitative estimate of drug-likeness (QED) is 0.770. The van der Waals surface area contributed by atoms with E-state index in [1.807, 2.05) is 0 Å². The minimum Gasteiger partial charge on any atom is -0.420 e. The van der Waals surface area contributed by atoms with Crippen LogP contribution in [-0.4, -0.2) is 55.5 Å². The van der Waals surface area contributed by atoms with Gasteiger partial charge in [-0.3, -0.25) is 0 Å². The van der Waals surface area contributed by atoms with Gasteiger partial charge in [-0.05, 0) is 24.3 Å². The molecule has 2 aromatic rings. The highest BCUT2D eigenvalue weighted by Crippen LogP contribution is 2.25. The van der Waals surface area contributed by atoms with Crippen molar-refractivity contribution >= 4 is 10.0 Å². The number of hydrogen-bond acceptors (Lipinski definition) is 6. The van der Waals surface area contributed by atoms with Crippen LogP contribution < -0.4 is 9.64 Å². The SMILES string of the molecule is Cc1nnc(C[NH+]2CCN(S(=O)(=O)c3ccc(OC(F)(F)F)cc3)CC2)o1. The van der Waals surface area contributed by atoms with Crippen LogP contribution in [0.25, 0.3) is 0 Å². The molecule has 0 atom stereocenters. The van der Waals surface area contributed by atoms with Crippen LogP contribution in [0, 0.1) is 6.92 Å². The molecule has 3 rings (SSSR count). The fourth-order valence-corrected chi connectivity index (χ4v) is 4.25. The lowest BCUT2D eigenvalue weighted by Crippen LogP contribution is -3.13. The molecule has 1 aromatic heterocycles. The van der Waals surface area contributed by atoms with Crippen molar-refractivity contribution in [2.24, 2.45) is 0 Å². The summed E-state index contributed by atoms with van der Waals surface area (Å²) >= 11 is 0. The van der Waals surface area contributed by atoms with Crippen LogP contribution in [-0.2, 0) is 16.6 Å². The summed E-state index contributed by atoms with van der Waals surface area (Å²) in [5, 5.41) is 7.69. The normalized spacial score (nSPS) is 17.2. The zero-order valence-corrected chi connectivity index (χ0v) is 15.2. The largest absolute Gasteiger partial charge is 0.573 e. The lowest BCUT2D eigenvalue weighted by molar-refractivity contribution is -0.918. The highest BCUT2D eigenvalue weighted by Gasteiger charge is 2.33. The Morgan fingerprint density at radius 3 is 2.33 bits per heavy atom. The number of quaternary nitrogens is 1. The van der Waals surface area contributed by atoms with Gasteiger partial charge in [-0.25, -0.2) is 8.42 Å². The molecular formula is C15H18F3N4O4S+. The number of nitrogens with zero attached hydrogens (tertiary/aromatic N) is 3. The van der Waals surface area contributed by atoms with Gasteiger partial charge in [-0.2, -0.15) is 4.31 Å². The molecule has 1 N–H and O–H groups in total. The third kappa shape index (κ3) is 4.96. The third-order valence-electron chi connectivity index (χ3n) is 4.09. The summed E-state index contributed by atoms with van der Waals surface area (Å²) in [6.45, 7) is 3.88. The Bertz CT molecular complexity index is 875. The highest BCUT2D eigenvalue weighted by atomic mass is 32.2. The maximum atomic E-state index is 12.7. The number of rotatable bonds is 5. The van der Waals surface area contributed by atoms with E-state index in [1.54, 1.807) is 6.92 Å². The lowest BCUT2D eigenvalue weighted by atomic mass is 10.3. The number of piperazine rings is 1. The first-order chi connectivity index (χ1) is 12.6. The van der Waals surface area contributed by atoms with Gasteiger partial charge in [0, 0.05) is 6.92 Å². The van der Waals surface area contributed by atoms with E-state index in [0.29, 0.717) is 31.4 Å². The van der Waals surface area contributed by atoms with Crippen molar-refractivity contribution in [2.75, 3.05) is 26.2 Å². The molecule has 12 heteroatoms. The average molecular weight is 407 g/mol. The number of aromatic nitrogens is 2. The molecule has 1 fully saturated rings. The Hall–Kier alpha value is -2.18. The molecule has 0 saturated carbocycles. The number of nitrogens with one attached hydrogen (secondary N) is 1. The van der Waals surface area contributed by atoms with Gasteiger partial charge in [0.25, 0.3) is 5.89 Å². The van der Waals surface area contributed by atoms with Gasteiger partial charge < -0.3 is 14.1 Å². The van der Waals surface area contributed by atoms with Crippen LogP contribution in [0.5, 0.6) is 5.75 Å². The average Bonchev–Trinajstić information content (AvgIpc) is 2.99. The molecule has 1 saturated heterocycles. The van der Waals surface area contributed by atoms with Gasteiger partial charge in [0.1, 0.15) is 5.75 Å². The number of benzene rings is 1. The standard InChI is InChI=1S/C15H17F3N4O4S/c1-11-19-20-14(25-11)10-21-6-8-22(9-7-21)27(23,24)13-4-2-12(3-5-13)26-15(16,17)18/h2-5H,6-10H2,1H3/p+1. The first-order valence-electron chi connectivity index (χ1n) is 8.12. The number of sulfonamides is 1. The minimum atomic E-state index is -4.82. The predicted octanol–water partition coefficient (Wildman–Crippen LogP) is 0.366. The Morgan fingerprint density at radius 2 is 1.81 bits per heavy atom. The second-order valence-electron chi connectivity index (χ2n) is 6.06. The van der Waals surface area contributed by atoms with Gasteiger partial charge in [0.15, 0.2) is 6.54 Å². The molecule has 0 spiro atoms. The predicted molar refractivity (Wildman–Crippen MR) is 85.3 cm³/mol. The van der Waals surface area contributed by atoms with Gasteiger partial charge in [0.2, 0.25) is 15.9 Å². The van der Waals surface area contributed by atoms with E-state index in [9.17, 15) is 21.6 Å². The minimum absolute atomic E-state index is 0.0759. The lowest BCUT2D eigenvalue weighted by Gasteiger charge is -2.30. The van der Waals surface area contributed by atoms with Gasteiger partial charge in [0.05, 0.1) is 31.1 Å².